The molecule has 1 heteroatoms. The monoisotopic (exact) mass is 382 g/mol. The van der Waals surface area contributed by atoms with Crippen LogP contribution in [-0.4, -0.2) is 5.78 Å². The minimum Gasteiger partial charge on any atom is -0.299 e. The number of Topliss-reactive ketones (excluding diaryl/α,β-unsaturated/α-hetero) is 1. The zero-order valence-electron chi connectivity index (χ0n) is 18.9. The zero-order valence-corrected chi connectivity index (χ0v) is 18.9. The van der Waals surface area contributed by atoms with Gasteiger partial charge in [0.15, 0.2) is 0 Å². The van der Waals surface area contributed by atoms with Crippen LogP contribution in [-0.2, 0) is 4.79 Å². The Morgan fingerprint density at radius 1 is 1.14 bits per heavy atom. The van der Waals surface area contributed by atoms with Crippen LogP contribution in [0.3, 0.4) is 0 Å². The van der Waals surface area contributed by atoms with Crippen LogP contribution in [0.5, 0.6) is 0 Å². The smallest absolute Gasteiger partial charge is 0.140 e. The second-order valence-corrected chi connectivity index (χ2v) is 11.2. The summed E-state index contributed by atoms with van der Waals surface area (Å²) in [5, 5.41) is 0. The van der Waals surface area contributed by atoms with Crippen molar-refractivity contribution < 1.29 is 4.79 Å². The molecule has 0 aromatic rings. The Balaban J connectivity index is 1.51. The Bertz CT molecular complexity index is 668. The summed E-state index contributed by atoms with van der Waals surface area (Å²) in [4.78, 5) is 13.1. The minimum absolute atomic E-state index is 0.215. The lowest BCUT2D eigenvalue weighted by atomic mass is 9.53. The molecule has 0 spiro atoms. The maximum absolute atomic E-state index is 13.1. The molecule has 2 saturated carbocycles. The van der Waals surface area contributed by atoms with Gasteiger partial charge in [-0.05, 0) is 86.4 Å². The van der Waals surface area contributed by atoms with E-state index in [1.165, 1.54) is 63.4 Å². The lowest BCUT2D eigenvalue weighted by Gasteiger charge is -2.51. The van der Waals surface area contributed by atoms with Gasteiger partial charge in [-0.3, -0.25) is 4.79 Å². The van der Waals surface area contributed by atoms with Crippen LogP contribution in [0, 0.1) is 40.9 Å². The Morgan fingerprint density at radius 2 is 1.93 bits per heavy atom. The van der Waals surface area contributed by atoms with Crippen LogP contribution in [0.4, 0.5) is 0 Å². The van der Waals surface area contributed by atoms with Gasteiger partial charge >= 0.3 is 0 Å². The number of rotatable bonds is 5. The van der Waals surface area contributed by atoms with E-state index in [-0.39, 0.29) is 5.41 Å². The lowest BCUT2D eigenvalue weighted by Crippen LogP contribution is -2.45. The summed E-state index contributed by atoms with van der Waals surface area (Å²) in [6, 6.07) is 0. The normalized spacial score (nSPS) is 38.8. The number of hydrogen-bond acceptors (Lipinski definition) is 1. The second kappa shape index (κ2) is 7.77. The maximum Gasteiger partial charge on any atom is 0.140 e. The molecular formula is C27H42O. The molecule has 1 nitrogen and oxygen atoms in total. The molecule has 4 rings (SSSR count). The predicted molar refractivity (Wildman–Crippen MR) is 118 cm³/mol. The number of fused-ring (bicyclic) bond motifs is 4. The van der Waals surface area contributed by atoms with Gasteiger partial charge in [0.1, 0.15) is 5.78 Å². The van der Waals surface area contributed by atoms with Gasteiger partial charge in [-0.25, -0.2) is 0 Å². The molecule has 6 atom stereocenters. The van der Waals surface area contributed by atoms with Crippen molar-refractivity contribution in [1.29, 1.82) is 0 Å². The third kappa shape index (κ3) is 3.35. The molecule has 0 aromatic heterocycles. The van der Waals surface area contributed by atoms with Crippen LogP contribution >= 0.6 is 0 Å². The summed E-state index contributed by atoms with van der Waals surface area (Å²) in [7, 11) is 0. The van der Waals surface area contributed by atoms with Crippen molar-refractivity contribution in [3.63, 3.8) is 0 Å². The van der Waals surface area contributed by atoms with E-state index in [0.29, 0.717) is 17.6 Å². The van der Waals surface area contributed by atoms with E-state index in [1.807, 2.05) is 0 Å². The van der Waals surface area contributed by atoms with E-state index < -0.39 is 0 Å². The molecule has 2 fully saturated rings. The first-order valence-corrected chi connectivity index (χ1v) is 12.3. The second-order valence-electron chi connectivity index (χ2n) is 11.2. The summed E-state index contributed by atoms with van der Waals surface area (Å²) in [6.45, 7) is 13.8. The fraction of sp³-hybridized carbons (Fsp3) is 0.815. The molecule has 4 aliphatic rings. The minimum atomic E-state index is 0.215. The van der Waals surface area contributed by atoms with Gasteiger partial charge in [0, 0.05) is 12.3 Å². The van der Waals surface area contributed by atoms with Crippen LogP contribution < -0.4 is 0 Å². The number of carbonyl (C=O) groups is 1. The van der Waals surface area contributed by atoms with E-state index >= 15 is 0 Å². The predicted octanol–water partition coefficient (Wildman–Crippen LogP) is 7.52. The van der Waals surface area contributed by atoms with E-state index in [4.69, 9.17) is 0 Å². The average molecular weight is 383 g/mol. The molecule has 156 valence electrons. The van der Waals surface area contributed by atoms with E-state index in [9.17, 15) is 4.79 Å². The Labute approximate surface area is 173 Å². The number of allylic oxidation sites excluding steroid dienone is 3. The summed E-state index contributed by atoms with van der Waals surface area (Å²) in [5.41, 5.74) is 5.04. The fourth-order valence-corrected chi connectivity index (χ4v) is 7.68. The number of ketones is 1. The molecule has 28 heavy (non-hydrogen) atoms. The number of carbonyl (C=O) groups excluding carboxylic acids is 1. The van der Waals surface area contributed by atoms with Crippen molar-refractivity contribution in [3.05, 3.63) is 23.3 Å². The summed E-state index contributed by atoms with van der Waals surface area (Å²) in [6.07, 6.45) is 13.7. The first kappa shape index (κ1) is 20.4. The van der Waals surface area contributed by atoms with Crippen molar-refractivity contribution in [1.82, 2.24) is 0 Å². The quantitative estimate of drug-likeness (QED) is 0.449. The van der Waals surface area contributed by atoms with Crippen molar-refractivity contribution in [2.45, 2.75) is 98.3 Å². The van der Waals surface area contributed by atoms with Crippen LogP contribution in [0.2, 0.25) is 0 Å². The van der Waals surface area contributed by atoms with Crippen LogP contribution in [0.1, 0.15) is 98.3 Å². The van der Waals surface area contributed by atoms with Gasteiger partial charge in [0.2, 0.25) is 0 Å². The Morgan fingerprint density at radius 3 is 2.68 bits per heavy atom. The molecule has 0 aromatic carbocycles. The van der Waals surface area contributed by atoms with E-state index in [1.54, 1.807) is 11.1 Å². The molecular weight excluding hydrogens is 340 g/mol. The summed E-state index contributed by atoms with van der Waals surface area (Å²) in [5.74, 6) is 4.78. The first-order valence-electron chi connectivity index (χ1n) is 12.3. The topological polar surface area (TPSA) is 17.1 Å². The van der Waals surface area contributed by atoms with E-state index in [2.05, 4.69) is 34.3 Å². The third-order valence-corrected chi connectivity index (χ3v) is 9.56. The standard InChI is InChI=1S/C27H42O/c1-17(2)18(3)9-10-19(4)20-11-12-22-21(20)13-14-24-23(22)16-26(28)25-8-6-7-15-27(24,25)5/h17,19-22,25H,3,6-16H2,1-2,4-5H3. The van der Waals surface area contributed by atoms with Crippen LogP contribution in [0.15, 0.2) is 23.3 Å². The van der Waals surface area contributed by atoms with E-state index in [0.717, 1.165) is 36.5 Å². The molecule has 0 N–H and O–H groups in total. The average Bonchev–Trinajstić information content (AvgIpc) is 3.10. The van der Waals surface area contributed by atoms with Gasteiger partial charge in [0.05, 0.1) is 0 Å². The highest BCUT2D eigenvalue weighted by Gasteiger charge is 2.52. The fourth-order valence-electron chi connectivity index (χ4n) is 7.68. The van der Waals surface area contributed by atoms with Gasteiger partial charge in [-0.1, -0.05) is 63.8 Å². The molecule has 0 saturated heterocycles. The third-order valence-electron chi connectivity index (χ3n) is 9.56. The van der Waals surface area contributed by atoms with Gasteiger partial charge in [-0.15, -0.1) is 0 Å². The van der Waals surface area contributed by atoms with Gasteiger partial charge in [0.25, 0.3) is 0 Å². The lowest BCUT2D eigenvalue weighted by molar-refractivity contribution is -0.128. The Hall–Kier alpha value is -0.850. The highest BCUT2D eigenvalue weighted by atomic mass is 16.1. The zero-order chi connectivity index (χ0) is 20.1. The SMILES string of the molecule is C=C(CCC(C)C1CCC2C3=C(CCC21)C1(C)CCCCC1C(=O)C3)C(C)C. The first-order chi connectivity index (χ1) is 13.3. The van der Waals surface area contributed by atoms with Crippen molar-refractivity contribution >= 4 is 5.78 Å². The molecule has 6 unspecified atom stereocenters. The van der Waals surface area contributed by atoms with Gasteiger partial charge in [-0.2, -0.15) is 0 Å². The molecule has 0 aliphatic heterocycles. The van der Waals surface area contributed by atoms with Gasteiger partial charge < -0.3 is 0 Å². The Kier molecular flexibility index (Phi) is 5.66. The van der Waals surface area contributed by atoms with Crippen molar-refractivity contribution in [2.24, 2.45) is 40.9 Å². The highest BCUT2D eigenvalue weighted by Crippen LogP contribution is 2.60. The molecule has 0 bridgehead atoms. The van der Waals surface area contributed by atoms with Crippen molar-refractivity contribution in [2.75, 3.05) is 0 Å². The van der Waals surface area contributed by atoms with Crippen molar-refractivity contribution in [3.8, 4) is 0 Å². The number of hydrogen-bond donors (Lipinski definition) is 0. The highest BCUT2D eigenvalue weighted by molar-refractivity contribution is 5.87. The molecule has 0 heterocycles. The largest absolute Gasteiger partial charge is 0.299 e. The summed E-state index contributed by atoms with van der Waals surface area (Å²) < 4.78 is 0. The van der Waals surface area contributed by atoms with Crippen LogP contribution in [0.25, 0.3) is 0 Å². The molecule has 0 radical (unpaired) electrons. The molecule has 0 amide bonds. The summed E-state index contributed by atoms with van der Waals surface area (Å²) >= 11 is 0. The molecule has 4 aliphatic carbocycles. The maximum atomic E-state index is 13.1.